The fourth-order valence-corrected chi connectivity index (χ4v) is 2.54. The molecule has 0 radical (unpaired) electrons. The number of hydrogen-bond donors (Lipinski definition) is 1. The van der Waals surface area contributed by atoms with Crippen LogP contribution >= 0.6 is 39.1 Å². The normalized spacial score (nSPS) is 10.4. The molecule has 2 aromatic carbocycles. The van der Waals surface area contributed by atoms with Crippen LogP contribution in [0.15, 0.2) is 40.9 Å². The predicted octanol–water partition coefficient (Wildman–Crippen LogP) is 4.57. The summed E-state index contributed by atoms with van der Waals surface area (Å²) in [5.41, 5.74) is 7.07. The summed E-state index contributed by atoms with van der Waals surface area (Å²) < 4.78 is 0.646. The number of hydrogen-bond acceptors (Lipinski definition) is 2. The van der Waals surface area contributed by atoms with Gasteiger partial charge in [0.25, 0.3) is 0 Å². The van der Waals surface area contributed by atoms with Crippen LogP contribution in [0.2, 0.25) is 10.0 Å². The van der Waals surface area contributed by atoms with Crippen molar-refractivity contribution in [2.75, 3.05) is 5.73 Å². The first-order valence-corrected chi connectivity index (χ1v) is 6.58. The van der Waals surface area contributed by atoms with Gasteiger partial charge < -0.3 is 5.73 Å². The first-order chi connectivity index (χ1) is 8.49. The molecule has 0 fully saturated rings. The first kappa shape index (κ1) is 13.4. The maximum atomic E-state index is 12.3. The Hall–Kier alpha value is -1.03. The van der Waals surface area contributed by atoms with Gasteiger partial charge in [-0.25, -0.2) is 0 Å². The van der Waals surface area contributed by atoms with Gasteiger partial charge in [0.1, 0.15) is 0 Å². The van der Waals surface area contributed by atoms with Gasteiger partial charge in [-0.3, -0.25) is 4.79 Å². The summed E-state index contributed by atoms with van der Waals surface area (Å²) in [6, 6.07) is 9.81. The SMILES string of the molecule is Nc1ccc(C(=O)c2ccc(Cl)cc2Br)cc1Cl. The summed E-state index contributed by atoms with van der Waals surface area (Å²) >= 11 is 15.1. The lowest BCUT2D eigenvalue weighted by molar-refractivity contribution is 0.103. The molecule has 0 spiro atoms. The predicted molar refractivity (Wildman–Crippen MR) is 78.4 cm³/mol. The van der Waals surface area contributed by atoms with Crippen molar-refractivity contribution >= 4 is 50.6 Å². The van der Waals surface area contributed by atoms with Gasteiger partial charge >= 0.3 is 0 Å². The Kier molecular flexibility index (Phi) is 3.95. The van der Waals surface area contributed by atoms with E-state index in [1.807, 2.05) is 0 Å². The quantitative estimate of drug-likeness (QED) is 0.640. The van der Waals surface area contributed by atoms with Crippen molar-refractivity contribution in [2.24, 2.45) is 0 Å². The molecule has 18 heavy (non-hydrogen) atoms. The number of carbonyl (C=O) groups is 1. The molecule has 2 nitrogen and oxygen atoms in total. The molecule has 2 rings (SSSR count). The molecule has 0 heterocycles. The van der Waals surface area contributed by atoms with E-state index in [2.05, 4.69) is 15.9 Å². The Bertz CT molecular complexity index is 628. The van der Waals surface area contributed by atoms with E-state index >= 15 is 0 Å². The van der Waals surface area contributed by atoms with Gasteiger partial charge in [-0.1, -0.05) is 23.2 Å². The highest BCUT2D eigenvalue weighted by molar-refractivity contribution is 9.10. The molecule has 0 atom stereocenters. The highest BCUT2D eigenvalue weighted by Gasteiger charge is 2.13. The van der Waals surface area contributed by atoms with E-state index < -0.39 is 0 Å². The van der Waals surface area contributed by atoms with Gasteiger partial charge in [0.05, 0.1) is 10.7 Å². The molecule has 0 saturated heterocycles. The van der Waals surface area contributed by atoms with Gasteiger partial charge in [-0.15, -0.1) is 0 Å². The molecule has 0 saturated carbocycles. The summed E-state index contributed by atoms with van der Waals surface area (Å²) in [5.74, 6) is -0.138. The zero-order chi connectivity index (χ0) is 13.3. The van der Waals surface area contributed by atoms with Gasteiger partial charge in [0.15, 0.2) is 5.78 Å². The largest absolute Gasteiger partial charge is 0.398 e. The summed E-state index contributed by atoms with van der Waals surface area (Å²) in [5, 5.41) is 0.930. The van der Waals surface area contributed by atoms with Gasteiger partial charge in [0, 0.05) is 20.6 Å². The summed E-state index contributed by atoms with van der Waals surface area (Å²) in [7, 11) is 0. The third-order valence-electron chi connectivity index (χ3n) is 2.44. The number of nitrogen functional groups attached to an aromatic ring is 1. The Balaban J connectivity index is 2.44. The molecule has 2 N–H and O–H groups in total. The smallest absolute Gasteiger partial charge is 0.194 e. The van der Waals surface area contributed by atoms with Crippen LogP contribution in [0.1, 0.15) is 15.9 Å². The minimum atomic E-state index is -0.138. The maximum absolute atomic E-state index is 12.3. The molecule has 0 aromatic heterocycles. The van der Waals surface area contributed by atoms with Crippen molar-refractivity contribution in [2.45, 2.75) is 0 Å². The van der Waals surface area contributed by atoms with Crippen molar-refractivity contribution < 1.29 is 4.79 Å². The second kappa shape index (κ2) is 5.31. The third-order valence-corrected chi connectivity index (χ3v) is 3.66. The highest BCUT2D eigenvalue weighted by Crippen LogP contribution is 2.26. The van der Waals surface area contributed by atoms with E-state index in [0.29, 0.717) is 31.3 Å². The monoisotopic (exact) mass is 343 g/mol. The second-order valence-corrected chi connectivity index (χ2v) is 5.39. The summed E-state index contributed by atoms with van der Waals surface area (Å²) in [4.78, 5) is 12.3. The number of ketones is 1. The molecule has 0 amide bonds. The number of halogens is 3. The van der Waals surface area contributed by atoms with Crippen LogP contribution < -0.4 is 5.73 Å². The van der Waals surface area contributed by atoms with Crippen LogP contribution in [0.5, 0.6) is 0 Å². The van der Waals surface area contributed by atoms with E-state index in [-0.39, 0.29) is 5.78 Å². The van der Waals surface area contributed by atoms with Gasteiger partial charge in [-0.2, -0.15) is 0 Å². The average molecular weight is 345 g/mol. The van der Waals surface area contributed by atoms with Crippen LogP contribution in [0, 0.1) is 0 Å². The van der Waals surface area contributed by atoms with E-state index in [1.54, 1.807) is 36.4 Å². The molecular formula is C13H8BrCl2NO. The van der Waals surface area contributed by atoms with Crippen molar-refractivity contribution in [1.29, 1.82) is 0 Å². The third kappa shape index (κ3) is 2.69. The minimum absolute atomic E-state index is 0.138. The molecule has 0 bridgehead atoms. The highest BCUT2D eigenvalue weighted by atomic mass is 79.9. The lowest BCUT2D eigenvalue weighted by Crippen LogP contribution is -2.03. The Morgan fingerprint density at radius 2 is 1.83 bits per heavy atom. The van der Waals surface area contributed by atoms with Crippen molar-refractivity contribution in [3.05, 3.63) is 62.0 Å². The Labute approximate surface area is 123 Å². The standard InChI is InChI=1S/C13H8BrCl2NO/c14-10-6-8(15)2-3-9(10)13(18)7-1-4-12(17)11(16)5-7/h1-6H,17H2. The first-order valence-electron chi connectivity index (χ1n) is 5.04. The molecule has 2 aromatic rings. The number of anilines is 1. The van der Waals surface area contributed by atoms with Gasteiger partial charge in [-0.05, 0) is 52.3 Å². The molecule has 0 aliphatic carbocycles. The van der Waals surface area contributed by atoms with Crippen LogP contribution in [-0.2, 0) is 0 Å². The minimum Gasteiger partial charge on any atom is -0.398 e. The Morgan fingerprint density at radius 3 is 2.44 bits per heavy atom. The van der Waals surface area contributed by atoms with E-state index in [9.17, 15) is 4.79 Å². The maximum Gasteiger partial charge on any atom is 0.194 e. The molecule has 0 aliphatic heterocycles. The Morgan fingerprint density at radius 1 is 1.11 bits per heavy atom. The second-order valence-electron chi connectivity index (χ2n) is 3.69. The summed E-state index contributed by atoms with van der Waals surface area (Å²) in [6.07, 6.45) is 0. The van der Waals surface area contributed by atoms with Crippen LogP contribution in [-0.4, -0.2) is 5.78 Å². The number of benzene rings is 2. The van der Waals surface area contributed by atoms with Gasteiger partial charge in [0.2, 0.25) is 0 Å². The van der Waals surface area contributed by atoms with Crippen molar-refractivity contribution in [3.8, 4) is 0 Å². The van der Waals surface area contributed by atoms with Crippen LogP contribution in [0.3, 0.4) is 0 Å². The van der Waals surface area contributed by atoms with Crippen LogP contribution in [0.25, 0.3) is 0 Å². The summed E-state index contributed by atoms with van der Waals surface area (Å²) in [6.45, 7) is 0. The molecule has 0 unspecified atom stereocenters. The fraction of sp³-hybridized carbons (Fsp3) is 0. The molecule has 5 heteroatoms. The van der Waals surface area contributed by atoms with Crippen LogP contribution in [0.4, 0.5) is 5.69 Å². The zero-order valence-corrected chi connectivity index (χ0v) is 12.2. The van der Waals surface area contributed by atoms with E-state index in [0.717, 1.165) is 0 Å². The average Bonchev–Trinajstić information content (AvgIpc) is 2.32. The molecular weight excluding hydrogens is 337 g/mol. The molecule has 0 aliphatic rings. The fourth-order valence-electron chi connectivity index (χ4n) is 1.50. The number of rotatable bonds is 2. The molecule has 92 valence electrons. The number of nitrogens with two attached hydrogens (primary N) is 1. The van der Waals surface area contributed by atoms with Crippen molar-refractivity contribution in [1.82, 2.24) is 0 Å². The van der Waals surface area contributed by atoms with E-state index in [1.165, 1.54) is 0 Å². The lowest BCUT2D eigenvalue weighted by atomic mass is 10.0. The topological polar surface area (TPSA) is 43.1 Å². The lowest BCUT2D eigenvalue weighted by Gasteiger charge is -2.06. The zero-order valence-electron chi connectivity index (χ0n) is 9.08. The van der Waals surface area contributed by atoms with Crippen molar-refractivity contribution in [3.63, 3.8) is 0 Å². The van der Waals surface area contributed by atoms with E-state index in [4.69, 9.17) is 28.9 Å². The number of carbonyl (C=O) groups excluding carboxylic acids is 1.